The number of rotatable bonds is 6. The van der Waals surface area contributed by atoms with Gasteiger partial charge in [-0.25, -0.2) is 9.50 Å². The van der Waals surface area contributed by atoms with Crippen LogP contribution in [0.2, 0.25) is 0 Å². The Morgan fingerprint density at radius 1 is 0.968 bits per heavy atom. The van der Waals surface area contributed by atoms with Gasteiger partial charge in [-0.2, -0.15) is 5.10 Å². The smallest absolute Gasteiger partial charge is 0.181 e. The van der Waals surface area contributed by atoms with Gasteiger partial charge in [-0.1, -0.05) is 12.1 Å². The number of hydrogen-bond acceptors (Lipinski definition) is 7. The minimum Gasteiger partial charge on any atom is -0.497 e. The summed E-state index contributed by atoms with van der Waals surface area (Å²) < 4.78 is 17.4. The Balaban J connectivity index is 0.000000210. The second-order valence-electron chi connectivity index (χ2n) is 6.76. The molecule has 0 aliphatic heterocycles. The van der Waals surface area contributed by atoms with E-state index in [9.17, 15) is 0 Å². The summed E-state index contributed by atoms with van der Waals surface area (Å²) in [5.74, 6) is 3.16. The monoisotopic (exact) mass is 421 g/mol. The van der Waals surface area contributed by atoms with Crippen LogP contribution in [-0.4, -0.2) is 47.0 Å². The number of hydrogen-bond donors (Lipinski definition) is 1. The molecule has 0 saturated carbocycles. The molecule has 31 heavy (non-hydrogen) atoms. The Bertz CT molecular complexity index is 1120. The SMILES string of the molecule is COc1cc(C)cc(OC)c1.Cc1nc2c(-c3cccc(OCCN)c3)nccn2n1. The van der Waals surface area contributed by atoms with Crippen molar-refractivity contribution < 1.29 is 14.2 Å². The Hall–Kier alpha value is -3.65. The van der Waals surface area contributed by atoms with Crippen molar-refractivity contribution in [3.8, 4) is 28.5 Å². The van der Waals surface area contributed by atoms with E-state index in [2.05, 4.69) is 15.1 Å². The topological polar surface area (TPSA) is 96.8 Å². The van der Waals surface area contributed by atoms with Crippen molar-refractivity contribution in [1.29, 1.82) is 0 Å². The number of fused-ring (bicyclic) bond motifs is 1. The number of nitrogens with zero attached hydrogens (tertiary/aromatic N) is 4. The van der Waals surface area contributed by atoms with E-state index in [4.69, 9.17) is 19.9 Å². The zero-order chi connectivity index (χ0) is 22.2. The van der Waals surface area contributed by atoms with Crippen molar-refractivity contribution >= 4 is 5.65 Å². The van der Waals surface area contributed by atoms with Crippen molar-refractivity contribution in [2.45, 2.75) is 13.8 Å². The van der Waals surface area contributed by atoms with Crippen molar-refractivity contribution in [3.05, 3.63) is 66.2 Å². The highest BCUT2D eigenvalue weighted by Gasteiger charge is 2.10. The van der Waals surface area contributed by atoms with Crippen LogP contribution in [0.1, 0.15) is 11.4 Å². The molecule has 0 radical (unpaired) electrons. The van der Waals surface area contributed by atoms with Crippen LogP contribution >= 0.6 is 0 Å². The van der Waals surface area contributed by atoms with Gasteiger partial charge in [-0.15, -0.1) is 0 Å². The van der Waals surface area contributed by atoms with E-state index in [1.807, 2.05) is 56.3 Å². The van der Waals surface area contributed by atoms with Crippen LogP contribution in [0.15, 0.2) is 54.9 Å². The second-order valence-corrected chi connectivity index (χ2v) is 6.76. The molecule has 0 bridgehead atoms. The summed E-state index contributed by atoms with van der Waals surface area (Å²) in [7, 11) is 3.29. The lowest BCUT2D eigenvalue weighted by atomic mass is 10.1. The molecular weight excluding hydrogens is 394 g/mol. The first-order chi connectivity index (χ1) is 15.0. The normalized spacial score (nSPS) is 10.4. The highest BCUT2D eigenvalue weighted by atomic mass is 16.5. The summed E-state index contributed by atoms with van der Waals surface area (Å²) in [4.78, 5) is 8.82. The third-order valence-electron chi connectivity index (χ3n) is 4.35. The Morgan fingerprint density at radius 3 is 2.39 bits per heavy atom. The van der Waals surface area contributed by atoms with Crippen LogP contribution in [-0.2, 0) is 0 Å². The van der Waals surface area contributed by atoms with Crippen LogP contribution in [0.25, 0.3) is 16.9 Å². The highest BCUT2D eigenvalue weighted by Crippen LogP contribution is 2.25. The fourth-order valence-electron chi connectivity index (χ4n) is 2.99. The van der Waals surface area contributed by atoms with Gasteiger partial charge in [-0.3, -0.25) is 4.98 Å². The summed E-state index contributed by atoms with van der Waals surface area (Å²) in [6, 6.07) is 13.5. The first kappa shape index (κ1) is 22.0. The molecule has 0 atom stereocenters. The van der Waals surface area contributed by atoms with Gasteiger partial charge in [0.25, 0.3) is 0 Å². The molecule has 4 rings (SSSR count). The van der Waals surface area contributed by atoms with Gasteiger partial charge in [0.05, 0.1) is 14.2 Å². The van der Waals surface area contributed by atoms with Gasteiger partial charge < -0.3 is 19.9 Å². The molecular formula is C23H27N5O3. The fourth-order valence-corrected chi connectivity index (χ4v) is 2.99. The van der Waals surface area contributed by atoms with Crippen LogP contribution < -0.4 is 19.9 Å². The summed E-state index contributed by atoms with van der Waals surface area (Å²) in [6.07, 6.45) is 3.50. The molecule has 0 saturated heterocycles. The molecule has 2 aromatic heterocycles. The maximum absolute atomic E-state index is 5.54. The molecule has 2 aromatic carbocycles. The lowest BCUT2D eigenvalue weighted by Crippen LogP contribution is -2.10. The molecule has 2 N–H and O–H groups in total. The molecule has 0 amide bonds. The minimum absolute atomic E-state index is 0.488. The Kier molecular flexibility index (Phi) is 7.40. The molecule has 0 fully saturated rings. The zero-order valence-electron chi connectivity index (χ0n) is 18.2. The molecule has 162 valence electrons. The van der Waals surface area contributed by atoms with E-state index in [1.54, 1.807) is 31.1 Å². The van der Waals surface area contributed by atoms with E-state index in [0.29, 0.717) is 13.2 Å². The third kappa shape index (κ3) is 5.70. The van der Waals surface area contributed by atoms with Crippen molar-refractivity contribution in [2.75, 3.05) is 27.4 Å². The van der Waals surface area contributed by atoms with Crippen molar-refractivity contribution in [2.24, 2.45) is 5.73 Å². The maximum Gasteiger partial charge on any atom is 0.181 e. The quantitative estimate of drug-likeness (QED) is 0.509. The van der Waals surface area contributed by atoms with Gasteiger partial charge in [0, 0.05) is 30.6 Å². The van der Waals surface area contributed by atoms with Gasteiger partial charge in [-0.05, 0) is 43.7 Å². The predicted octanol–water partition coefficient (Wildman–Crippen LogP) is 3.45. The summed E-state index contributed by atoms with van der Waals surface area (Å²) in [5, 5.41) is 4.29. The van der Waals surface area contributed by atoms with E-state index >= 15 is 0 Å². The van der Waals surface area contributed by atoms with Crippen molar-refractivity contribution in [3.63, 3.8) is 0 Å². The fraction of sp³-hybridized carbons (Fsp3) is 0.261. The number of aromatic nitrogens is 4. The van der Waals surface area contributed by atoms with Crippen LogP contribution in [0.3, 0.4) is 0 Å². The third-order valence-corrected chi connectivity index (χ3v) is 4.35. The molecule has 0 aliphatic rings. The highest BCUT2D eigenvalue weighted by molar-refractivity contribution is 5.74. The molecule has 0 aliphatic carbocycles. The predicted molar refractivity (Wildman–Crippen MR) is 120 cm³/mol. The Morgan fingerprint density at radius 2 is 1.71 bits per heavy atom. The van der Waals surface area contributed by atoms with Crippen molar-refractivity contribution in [1.82, 2.24) is 19.6 Å². The zero-order valence-corrected chi connectivity index (χ0v) is 18.2. The summed E-state index contributed by atoms with van der Waals surface area (Å²) in [5.41, 5.74) is 9.05. The summed E-state index contributed by atoms with van der Waals surface area (Å²) >= 11 is 0. The van der Waals surface area contributed by atoms with Gasteiger partial charge >= 0.3 is 0 Å². The average molecular weight is 422 g/mol. The standard InChI is InChI=1S/C14H15N5O.C9H12O2/c1-10-17-14-13(16-6-7-19(14)18-10)11-3-2-4-12(9-11)20-8-5-15;1-7-4-8(10-2)6-9(5-7)11-3/h2-4,6-7,9H,5,8,15H2,1H3;4-6H,1-3H3. The lowest BCUT2D eigenvalue weighted by molar-refractivity contribution is 0.328. The minimum atomic E-state index is 0.488. The first-order valence-electron chi connectivity index (χ1n) is 9.85. The second kappa shape index (κ2) is 10.4. The molecule has 8 heteroatoms. The van der Waals surface area contributed by atoms with E-state index < -0.39 is 0 Å². The maximum atomic E-state index is 5.54. The number of aryl methyl sites for hydroxylation is 2. The molecule has 4 aromatic rings. The molecule has 0 unspecified atom stereocenters. The first-order valence-corrected chi connectivity index (χ1v) is 9.85. The van der Waals surface area contributed by atoms with E-state index in [0.717, 1.165) is 45.5 Å². The molecule has 2 heterocycles. The van der Waals surface area contributed by atoms with Gasteiger partial charge in [0.2, 0.25) is 0 Å². The van der Waals surface area contributed by atoms with Gasteiger partial charge in [0.1, 0.15) is 35.4 Å². The number of nitrogens with two attached hydrogens (primary N) is 1. The largest absolute Gasteiger partial charge is 0.497 e. The lowest BCUT2D eigenvalue weighted by Gasteiger charge is -2.07. The number of ether oxygens (including phenoxy) is 3. The van der Waals surface area contributed by atoms with Crippen LogP contribution in [0.5, 0.6) is 17.2 Å². The number of benzene rings is 2. The number of methoxy groups -OCH3 is 2. The van der Waals surface area contributed by atoms with Crippen LogP contribution in [0, 0.1) is 13.8 Å². The Labute approximate surface area is 181 Å². The van der Waals surface area contributed by atoms with E-state index in [1.165, 1.54) is 0 Å². The van der Waals surface area contributed by atoms with E-state index in [-0.39, 0.29) is 0 Å². The molecule has 0 spiro atoms. The average Bonchev–Trinajstić information content (AvgIpc) is 3.18. The summed E-state index contributed by atoms with van der Waals surface area (Å²) in [6.45, 7) is 4.84. The van der Waals surface area contributed by atoms with Crippen LogP contribution in [0.4, 0.5) is 0 Å². The van der Waals surface area contributed by atoms with Gasteiger partial charge in [0.15, 0.2) is 5.65 Å². The molecule has 8 nitrogen and oxygen atoms in total.